The van der Waals surface area contributed by atoms with Gasteiger partial charge in [0.25, 0.3) is 0 Å². The van der Waals surface area contributed by atoms with Gasteiger partial charge in [-0.25, -0.2) is 0 Å². The maximum absolute atomic E-state index is 6.16. The number of nitrogens with one attached hydrogen (secondary N) is 2. The number of methoxy groups -OCH3 is 1. The smallest absolute Gasteiger partial charge is 0.193 e. The molecular formula is C22H33ClN4O2. The molecule has 29 heavy (non-hydrogen) atoms. The van der Waals surface area contributed by atoms with E-state index in [0.717, 1.165) is 81.6 Å². The number of hydrogen-bond acceptors (Lipinski definition) is 3. The first-order chi connectivity index (χ1) is 14.2. The summed E-state index contributed by atoms with van der Waals surface area (Å²) in [5, 5.41) is 5.39. The monoisotopic (exact) mass is 420 g/mol. The van der Waals surface area contributed by atoms with Gasteiger partial charge in [0.15, 0.2) is 5.96 Å². The highest BCUT2D eigenvalue weighted by Gasteiger charge is 2.21. The standard InChI is InChI=1S/C22H33ClN4O2/c1-3-24-22(27-11-8-19(9-12-27)29-14-4-13-28-2)25-10-7-17-16-26-21-6-5-18(23)15-20(17)21/h5-6,15-16,19,26H,3-4,7-14H2,1-2H3,(H,24,25). The van der Waals surface area contributed by atoms with Crippen LogP contribution in [-0.2, 0) is 15.9 Å². The minimum atomic E-state index is 0.349. The molecule has 1 aromatic carbocycles. The highest BCUT2D eigenvalue weighted by Crippen LogP contribution is 2.23. The van der Waals surface area contributed by atoms with E-state index in [9.17, 15) is 0 Å². The average molecular weight is 421 g/mol. The molecule has 2 heterocycles. The number of H-pyrrole nitrogens is 1. The summed E-state index contributed by atoms with van der Waals surface area (Å²) >= 11 is 6.16. The number of aliphatic imine (C=N–C) groups is 1. The Morgan fingerprint density at radius 3 is 2.90 bits per heavy atom. The van der Waals surface area contributed by atoms with Crippen LogP contribution >= 0.6 is 11.6 Å². The maximum atomic E-state index is 6.16. The molecule has 160 valence electrons. The van der Waals surface area contributed by atoms with Crippen molar-refractivity contribution < 1.29 is 9.47 Å². The van der Waals surface area contributed by atoms with E-state index in [4.69, 9.17) is 26.1 Å². The third-order valence-electron chi connectivity index (χ3n) is 5.29. The first-order valence-electron chi connectivity index (χ1n) is 10.6. The molecule has 0 radical (unpaired) electrons. The number of guanidine groups is 1. The lowest BCUT2D eigenvalue weighted by Gasteiger charge is -2.34. The molecule has 0 bridgehead atoms. The highest BCUT2D eigenvalue weighted by molar-refractivity contribution is 6.31. The number of benzene rings is 1. The molecule has 0 amide bonds. The number of aromatic nitrogens is 1. The number of halogens is 1. The van der Waals surface area contributed by atoms with Crippen molar-refractivity contribution in [3.05, 3.63) is 35.0 Å². The Morgan fingerprint density at radius 2 is 2.14 bits per heavy atom. The summed E-state index contributed by atoms with van der Waals surface area (Å²) < 4.78 is 11.1. The van der Waals surface area contributed by atoms with Crippen molar-refractivity contribution >= 4 is 28.5 Å². The maximum Gasteiger partial charge on any atom is 0.193 e. The fourth-order valence-corrected chi connectivity index (χ4v) is 3.93. The van der Waals surface area contributed by atoms with Gasteiger partial charge in [-0.05, 0) is 56.4 Å². The molecule has 0 unspecified atom stereocenters. The second kappa shape index (κ2) is 11.4. The minimum absolute atomic E-state index is 0.349. The SMILES string of the molecule is CCNC(=NCCc1c[nH]c2ccc(Cl)cc12)N1CCC(OCCCOC)CC1. The fourth-order valence-electron chi connectivity index (χ4n) is 3.75. The van der Waals surface area contributed by atoms with Crippen molar-refractivity contribution in [1.29, 1.82) is 0 Å². The predicted molar refractivity (Wildman–Crippen MR) is 120 cm³/mol. The molecule has 1 saturated heterocycles. The minimum Gasteiger partial charge on any atom is -0.385 e. The van der Waals surface area contributed by atoms with Crippen LogP contribution in [0.4, 0.5) is 0 Å². The van der Waals surface area contributed by atoms with Crippen LogP contribution in [0.2, 0.25) is 5.02 Å². The highest BCUT2D eigenvalue weighted by atomic mass is 35.5. The van der Waals surface area contributed by atoms with E-state index in [1.54, 1.807) is 7.11 Å². The second-order valence-corrected chi connectivity index (χ2v) is 7.83. The van der Waals surface area contributed by atoms with Crippen molar-refractivity contribution in [2.24, 2.45) is 4.99 Å². The molecular weight excluding hydrogens is 388 g/mol. The molecule has 7 heteroatoms. The van der Waals surface area contributed by atoms with Crippen LogP contribution in [0.1, 0.15) is 31.7 Å². The van der Waals surface area contributed by atoms with Crippen LogP contribution in [0, 0.1) is 0 Å². The number of likely N-dealkylation sites (tertiary alicyclic amines) is 1. The summed E-state index contributed by atoms with van der Waals surface area (Å²) in [6, 6.07) is 5.96. The topological polar surface area (TPSA) is 61.9 Å². The van der Waals surface area contributed by atoms with Crippen LogP contribution in [0.5, 0.6) is 0 Å². The van der Waals surface area contributed by atoms with E-state index in [1.165, 1.54) is 10.9 Å². The Bertz CT molecular complexity index is 784. The van der Waals surface area contributed by atoms with Crippen molar-refractivity contribution in [2.75, 3.05) is 46.5 Å². The lowest BCUT2D eigenvalue weighted by Crippen LogP contribution is -2.47. The number of aromatic amines is 1. The van der Waals surface area contributed by atoms with Crippen LogP contribution in [0.25, 0.3) is 10.9 Å². The molecule has 2 aromatic rings. The number of fused-ring (bicyclic) bond motifs is 1. The Balaban J connectivity index is 1.51. The van der Waals surface area contributed by atoms with E-state index in [2.05, 4.69) is 28.3 Å². The third kappa shape index (κ3) is 6.36. The summed E-state index contributed by atoms with van der Waals surface area (Å²) in [7, 11) is 1.73. The van der Waals surface area contributed by atoms with Crippen LogP contribution < -0.4 is 5.32 Å². The summed E-state index contributed by atoms with van der Waals surface area (Å²) in [5.41, 5.74) is 2.37. The number of ether oxygens (including phenoxy) is 2. The van der Waals surface area contributed by atoms with Crippen molar-refractivity contribution in [2.45, 2.75) is 38.7 Å². The van der Waals surface area contributed by atoms with E-state index in [0.29, 0.717) is 6.10 Å². The average Bonchev–Trinajstić information content (AvgIpc) is 3.13. The zero-order chi connectivity index (χ0) is 20.5. The molecule has 0 spiro atoms. The van der Waals surface area contributed by atoms with Crippen molar-refractivity contribution in [3.8, 4) is 0 Å². The first kappa shape index (κ1) is 21.9. The zero-order valence-electron chi connectivity index (χ0n) is 17.5. The van der Waals surface area contributed by atoms with Crippen molar-refractivity contribution in [1.82, 2.24) is 15.2 Å². The molecule has 2 N–H and O–H groups in total. The quantitative estimate of drug-likeness (QED) is 0.367. The summed E-state index contributed by atoms with van der Waals surface area (Å²) in [4.78, 5) is 10.5. The number of nitrogens with zero attached hydrogens (tertiary/aromatic N) is 2. The lowest BCUT2D eigenvalue weighted by atomic mass is 10.1. The second-order valence-electron chi connectivity index (χ2n) is 7.39. The Hall–Kier alpha value is -1.76. The fraction of sp³-hybridized carbons (Fsp3) is 0.591. The van der Waals surface area contributed by atoms with E-state index in [-0.39, 0.29) is 0 Å². The first-order valence-corrected chi connectivity index (χ1v) is 11.0. The van der Waals surface area contributed by atoms with Crippen LogP contribution in [-0.4, -0.2) is 68.4 Å². The number of rotatable bonds is 9. The summed E-state index contributed by atoms with van der Waals surface area (Å²) in [5.74, 6) is 1.00. The largest absolute Gasteiger partial charge is 0.385 e. The Morgan fingerprint density at radius 1 is 1.31 bits per heavy atom. The summed E-state index contributed by atoms with van der Waals surface area (Å²) in [6.45, 7) is 7.22. The van der Waals surface area contributed by atoms with E-state index >= 15 is 0 Å². The third-order valence-corrected chi connectivity index (χ3v) is 5.53. The van der Waals surface area contributed by atoms with Gasteiger partial charge in [0, 0.05) is 68.6 Å². The van der Waals surface area contributed by atoms with Crippen LogP contribution in [0.15, 0.2) is 29.4 Å². The number of piperidine rings is 1. The van der Waals surface area contributed by atoms with Gasteiger partial charge in [0.05, 0.1) is 6.10 Å². The van der Waals surface area contributed by atoms with Gasteiger partial charge in [-0.15, -0.1) is 0 Å². The molecule has 3 rings (SSSR count). The van der Waals surface area contributed by atoms with E-state index < -0.39 is 0 Å². The molecule has 1 aromatic heterocycles. The van der Waals surface area contributed by atoms with Crippen molar-refractivity contribution in [3.63, 3.8) is 0 Å². The van der Waals surface area contributed by atoms with E-state index in [1.807, 2.05) is 18.2 Å². The Labute approximate surface area is 178 Å². The molecule has 0 atom stereocenters. The van der Waals surface area contributed by atoms with Crippen LogP contribution in [0.3, 0.4) is 0 Å². The molecule has 1 aliphatic heterocycles. The Kier molecular flexibility index (Phi) is 8.65. The van der Waals surface area contributed by atoms with Gasteiger partial charge in [-0.1, -0.05) is 11.6 Å². The van der Waals surface area contributed by atoms with Gasteiger partial charge < -0.3 is 24.7 Å². The number of hydrogen-bond donors (Lipinski definition) is 2. The van der Waals surface area contributed by atoms with Gasteiger partial charge >= 0.3 is 0 Å². The van der Waals surface area contributed by atoms with Gasteiger partial charge in [0.1, 0.15) is 0 Å². The van der Waals surface area contributed by atoms with Gasteiger partial charge in [-0.3, -0.25) is 4.99 Å². The lowest BCUT2D eigenvalue weighted by molar-refractivity contribution is 0.00991. The van der Waals surface area contributed by atoms with Gasteiger partial charge in [0.2, 0.25) is 0 Å². The molecule has 0 saturated carbocycles. The molecule has 1 aliphatic rings. The molecule has 6 nitrogen and oxygen atoms in total. The zero-order valence-corrected chi connectivity index (χ0v) is 18.3. The normalized spacial score (nSPS) is 16.0. The molecule has 1 fully saturated rings. The molecule has 0 aliphatic carbocycles. The van der Waals surface area contributed by atoms with Gasteiger partial charge in [-0.2, -0.15) is 0 Å². The predicted octanol–water partition coefficient (Wildman–Crippen LogP) is 3.85. The summed E-state index contributed by atoms with van der Waals surface area (Å²) in [6.07, 6.45) is 6.34.